The van der Waals surface area contributed by atoms with Crippen LogP contribution in [0.2, 0.25) is 0 Å². The van der Waals surface area contributed by atoms with Crippen LogP contribution >= 0.6 is 0 Å². The van der Waals surface area contributed by atoms with E-state index < -0.39 is 16.2 Å². The molecule has 3 aromatic heterocycles. The fourth-order valence-corrected chi connectivity index (χ4v) is 14.5. The first kappa shape index (κ1) is 81.7. The summed E-state index contributed by atoms with van der Waals surface area (Å²) in [6.07, 6.45) is 9.18. The van der Waals surface area contributed by atoms with Gasteiger partial charge in [0.05, 0.1) is 59.8 Å². The van der Waals surface area contributed by atoms with E-state index in [9.17, 15) is 56.6 Å². The number of phenols is 1. The number of aromatic nitrogens is 3. The van der Waals surface area contributed by atoms with Gasteiger partial charge in [-0.1, -0.05) is 72.8 Å². The van der Waals surface area contributed by atoms with Crippen molar-refractivity contribution in [3.8, 4) is 57.5 Å². The van der Waals surface area contributed by atoms with Crippen LogP contribution in [0.25, 0.3) is 32.7 Å². The van der Waals surface area contributed by atoms with E-state index in [0.29, 0.717) is 131 Å². The molecule has 4 amide bonds. The van der Waals surface area contributed by atoms with Gasteiger partial charge < -0.3 is 49.5 Å². The minimum absolute atomic E-state index is 0.00625. The zero-order chi connectivity index (χ0) is 83.5. The number of aryl methyl sites for hydroxylation is 1. The minimum atomic E-state index is -0.937. The number of benzene rings is 9. The van der Waals surface area contributed by atoms with Gasteiger partial charge >= 0.3 is 12.1 Å². The Kier molecular flexibility index (Phi) is 24.5. The number of methoxy groups -OCH3 is 3. The summed E-state index contributed by atoms with van der Waals surface area (Å²) >= 11 is 0. The van der Waals surface area contributed by atoms with Gasteiger partial charge in [0.2, 0.25) is 0 Å². The van der Waals surface area contributed by atoms with Gasteiger partial charge in [-0.25, -0.2) is 22.8 Å². The van der Waals surface area contributed by atoms with E-state index in [2.05, 4.69) is 30.9 Å². The first-order valence-corrected chi connectivity index (χ1v) is 38.9. The lowest BCUT2D eigenvalue weighted by Gasteiger charge is -2.19. The van der Waals surface area contributed by atoms with E-state index in [1.807, 2.05) is 79.7 Å². The molecule has 119 heavy (non-hydrogen) atoms. The fraction of sp³-hybridized carbons (Fsp3) is 0.245. The van der Waals surface area contributed by atoms with Crippen molar-refractivity contribution in [2.24, 2.45) is 16.2 Å². The zero-order valence-corrected chi connectivity index (χ0v) is 65.7. The van der Waals surface area contributed by atoms with Gasteiger partial charge in [0.1, 0.15) is 63.4 Å². The number of carbonyl (C=O) groups excluding carboxylic acids is 8. The molecule has 3 aliphatic carbocycles. The molecule has 0 unspecified atom stereocenters. The molecule has 606 valence electrons. The van der Waals surface area contributed by atoms with E-state index in [0.717, 1.165) is 62.9 Å². The van der Waals surface area contributed by atoms with Gasteiger partial charge in [-0.15, -0.1) is 0 Å². The molecule has 12 aromatic rings. The lowest BCUT2D eigenvalue weighted by molar-refractivity contribution is -0.135. The van der Waals surface area contributed by atoms with Gasteiger partial charge in [-0.2, -0.15) is 0 Å². The first-order chi connectivity index (χ1) is 57.5. The molecule has 25 heteroatoms. The highest BCUT2D eigenvalue weighted by molar-refractivity contribution is 6.13. The third-order valence-electron chi connectivity index (χ3n) is 21.9. The highest BCUT2D eigenvalue weighted by Crippen LogP contribution is 2.52. The summed E-state index contributed by atoms with van der Waals surface area (Å²) in [5.41, 5.74) is 5.43. The lowest BCUT2D eigenvalue weighted by Crippen LogP contribution is -2.28. The average molecular weight is 1610 g/mol. The molecule has 5 aliphatic rings. The number of aromatic hydroxyl groups is 1. The number of hydrogen-bond donors (Lipinski definition) is 4. The molecule has 9 aromatic carbocycles. The molecule has 2 saturated heterocycles. The number of amides is 4. The molecule has 4 N–H and O–H groups in total. The number of fused-ring (bicyclic) bond motifs is 3. The Bertz CT molecular complexity index is 5610. The smallest absolute Gasteiger partial charge is 0.322 e. The average Bonchev–Trinajstić information content (AvgIpc) is 1.62. The summed E-state index contributed by atoms with van der Waals surface area (Å²) in [6.45, 7) is 4.62. The topological polar surface area (TPSA) is 290 Å². The van der Waals surface area contributed by atoms with Crippen LogP contribution in [0.15, 0.2) is 219 Å². The van der Waals surface area contributed by atoms with Crippen molar-refractivity contribution in [3.05, 3.63) is 275 Å². The van der Waals surface area contributed by atoms with Crippen LogP contribution in [0.4, 0.5) is 28.4 Å². The summed E-state index contributed by atoms with van der Waals surface area (Å²) in [6, 6.07) is 54.9. The van der Waals surface area contributed by atoms with Gasteiger partial charge in [0.25, 0.3) is 0 Å². The first-order valence-electron chi connectivity index (χ1n) is 38.9. The number of hydrogen-bond acceptors (Lipinski definition) is 18. The maximum Gasteiger partial charge on any atom is 0.322 e. The fourth-order valence-electron chi connectivity index (χ4n) is 14.5. The van der Waals surface area contributed by atoms with Gasteiger partial charge in [-0.05, 0) is 206 Å². The molecule has 3 saturated carbocycles. The van der Waals surface area contributed by atoms with Crippen molar-refractivity contribution >= 4 is 85.2 Å². The number of ether oxygens (including phenoxy) is 6. The Labute approximate surface area is 683 Å². The third kappa shape index (κ3) is 19.2. The maximum atomic E-state index is 13.2. The molecule has 5 fully saturated rings. The number of phenolic OH excluding ortho intramolecular Hbond substituents is 1. The Balaban J connectivity index is 0.000000141. The number of nitrogens with one attached hydrogen (secondary N) is 3. The monoisotopic (exact) mass is 1610 g/mol. The van der Waals surface area contributed by atoms with Crippen LogP contribution in [-0.2, 0) is 67.3 Å². The number of Topliss-reactive ketones (excluding diaryl/α,β-unsaturated/α-hetero) is 6. The highest BCUT2D eigenvalue weighted by Gasteiger charge is 2.56. The van der Waals surface area contributed by atoms with Gasteiger partial charge in [0.15, 0.2) is 46.2 Å². The van der Waals surface area contributed by atoms with Crippen LogP contribution < -0.4 is 49.3 Å². The minimum Gasteiger partial charge on any atom is -0.504 e. The van der Waals surface area contributed by atoms with E-state index in [1.165, 1.54) is 49.6 Å². The van der Waals surface area contributed by atoms with Crippen molar-refractivity contribution in [1.29, 1.82) is 0 Å². The Morgan fingerprint density at radius 3 is 0.975 bits per heavy atom. The lowest BCUT2D eigenvalue weighted by atomic mass is 9.88. The predicted octanol–water partition coefficient (Wildman–Crippen LogP) is 16.5. The van der Waals surface area contributed by atoms with Crippen LogP contribution in [0, 0.1) is 40.6 Å². The molecule has 17 rings (SSSR count). The Hall–Kier alpha value is -13.8. The van der Waals surface area contributed by atoms with E-state index >= 15 is 0 Å². The van der Waals surface area contributed by atoms with Crippen molar-refractivity contribution in [1.82, 2.24) is 30.9 Å². The molecule has 0 bridgehead atoms. The van der Waals surface area contributed by atoms with E-state index in [4.69, 9.17) is 28.4 Å². The normalized spacial score (nSPS) is 14.7. The number of carbonyl (C=O) groups is 8. The summed E-state index contributed by atoms with van der Waals surface area (Å²) in [7, 11) is 4.66. The molecule has 0 spiro atoms. The van der Waals surface area contributed by atoms with Crippen molar-refractivity contribution in [2.75, 3.05) is 52.4 Å². The van der Waals surface area contributed by atoms with Crippen LogP contribution in [0.3, 0.4) is 0 Å². The number of ketones is 6. The zero-order valence-electron chi connectivity index (χ0n) is 65.7. The van der Waals surface area contributed by atoms with E-state index in [-0.39, 0.29) is 108 Å². The second-order valence-corrected chi connectivity index (χ2v) is 29.9. The molecule has 2 aliphatic heterocycles. The van der Waals surface area contributed by atoms with Crippen LogP contribution in [0.5, 0.6) is 57.5 Å². The van der Waals surface area contributed by atoms with E-state index in [1.54, 1.807) is 123 Å². The second kappa shape index (κ2) is 35.7. The Morgan fingerprint density at radius 2 is 0.681 bits per heavy atom. The van der Waals surface area contributed by atoms with Gasteiger partial charge in [0, 0.05) is 106 Å². The number of urea groups is 2. The van der Waals surface area contributed by atoms with Crippen molar-refractivity contribution in [3.63, 3.8) is 0 Å². The number of rotatable bonds is 28. The third-order valence-corrected chi connectivity index (χ3v) is 21.9. The Morgan fingerprint density at radius 1 is 0.378 bits per heavy atom. The van der Waals surface area contributed by atoms with Crippen LogP contribution in [0.1, 0.15) is 77.5 Å². The number of anilines is 1. The highest BCUT2D eigenvalue weighted by atomic mass is 19.1. The molecule has 0 radical (unpaired) electrons. The van der Waals surface area contributed by atoms with Crippen molar-refractivity contribution < 1.29 is 85.1 Å². The molecule has 5 heterocycles. The summed E-state index contributed by atoms with van der Waals surface area (Å²) in [5, 5.41) is 20.2. The maximum absolute atomic E-state index is 13.2. The molecular weight excluding hydrogens is 1520 g/mol. The summed E-state index contributed by atoms with van der Waals surface area (Å²) in [4.78, 5) is 115. The largest absolute Gasteiger partial charge is 0.504 e. The molecule has 0 atom stereocenters. The number of nitrogens with zero attached hydrogens (tertiary/aromatic N) is 4. The standard InChI is InChI=1S/C32H28FN3O5.C30H26FNO4.C29H24FNO5.C3H6N2O/c1-40-28-18-24-25(19-26(28)36-15-14-35-31(36)39)34-13-10-27(24)41-23-8-4-21(5-9-23)17-30(38)32(11-12-32)29(37)16-20-2-6-22(33)7-3-20;1-19-15-25-24(18-27(19)35-2)26(11-14-32-25)36-23-9-5-21(6-10-23)17-29(34)30(12-13-30)28(33)16-20-3-7-22(31)8-4-20;1-35-26-16-22-23(17-24(26)32)31-13-10-25(22)36-21-8-4-19(5-9-21)15-28(34)29(11-12-29)27(33)14-18-2-6-20(30)7-3-18;6-3-4-1-2-5-3/h2-10,13,18-19H,11-12,14-17H2,1H3,(H,35,39);3-11,14-15,18H,12-13,16-17H2,1-2H3;2-10,13,16-17,32H,11-12,14-15H2,1H3;1-2H2,(H2,4,5,6). The summed E-state index contributed by atoms with van der Waals surface area (Å²) < 4.78 is 74.1. The number of halogens is 3. The molecular formula is C94H84F3N7O15. The number of pyridine rings is 3. The van der Waals surface area contributed by atoms with Crippen LogP contribution in [-0.4, -0.2) is 114 Å². The van der Waals surface area contributed by atoms with Crippen molar-refractivity contribution in [2.45, 2.75) is 84.0 Å². The SMILES string of the molecule is COc1cc2c(Oc3ccc(CC(=O)C4(C(=O)Cc5ccc(F)cc5)CC4)cc3)ccnc2cc1C.COc1cc2c(Oc3ccc(CC(=O)C4(C(=O)Cc5ccc(F)cc5)CC4)cc3)ccnc2cc1N1CCNC1=O.COc1cc2c(Oc3ccc(CC(=O)C4(C(=O)Cc5ccc(F)cc5)CC4)cc3)ccnc2cc1O.O=C1NCCN1. The molecule has 22 nitrogen and oxygen atoms in total. The predicted molar refractivity (Wildman–Crippen MR) is 439 cm³/mol. The second-order valence-electron chi connectivity index (χ2n) is 29.9. The quantitative estimate of drug-likeness (QED) is 0.0331. The summed E-state index contributed by atoms with van der Waals surface area (Å²) in [5.74, 6) is 3.55. The van der Waals surface area contributed by atoms with Gasteiger partial charge in [-0.3, -0.25) is 48.6 Å².